The molecular weight excluding hydrogens is 302 g/mol. The van der Waals surface area contributed by atoms with Crippen LogP contribution in [0.5, 0.6) is 0 Å². The highest BCUT2D eigenvalue weighted by atomic mass is 32.2. The van der Waals surface area contributed by atoms with E-state index >= 15 is 0 Å². The van der Waals surface area contributed by atoms with Crippen molar-refractivity contribution in [2.75, 3.05) is 24.2 Å². The van der Waals surface area contributed by atoms with Crippen LogP contribution in [0.4, 0.5) is 5.82 Å². The van der Waals surface area contributed by atoms with Gasteiger partial charge in [-0.1, -0.05) is 18.7 Å². The average Bonchev–Trinajstić information content (AvgIpc) is 2.86. The molecule has 21 heavy (non-hydrogen) atoms. The molecule has 0 saturated heterocycles. The lowest BCUT2D eigenvalue weighted by atomic mass is 9.97. The van der Waals surface area contributed by atoms with Gasteiger partial charge in [-0.3, -0.25) is 0 Å². The lowest BCUT2D eigenvalue weighted by Gasteiger charge is -2.13. The fourth-order valence-electron chi connectivity index (χ4n) is 2.75. The number of fused-ring (bicyclic) bond motifs is 3. The van der Waals surface area contributed by atoms with Crippen molar-refractivity contribution < 1.29 is 5.11 Å². The highest BCUT2D eigenvalue weighted by Crippen LogP contribution is 2.39. The van der Waals surface area contributed by atoms with Gasteiger partial charge < -0.3 is 10.4 Å². The molecule has 0 bridgehead atoms. The highest BCUT2D eigenvalue weighted by molar-refractivity contribution is 7.99. The Bertz CT molecular complexity index is 627. The molecule has 0 saturated carbocycles. The van der Waals surface area contributed by atoms with Crippen LogP contribution in [0.2, 0.25) is 0 Å². The van der Waals surface area contributed by atoms with Gasteiger partial charge in [-0.15, -0.1) is 11.3 Å². The van der Waals surface area contributed by atoms with Crippen molar-refractivity contribution >= 4 is 39.1 Å². The second kappa shape index (κ2) is 6.94. The fraction of sp³-hybridized carbons (Fsp3) is 0.600. The molecule has 3 rings (SSSR count). The average molecular weight is 323 g/mol. The summed E-state index contributed by atoms with van der Waals surface area (Å²) in [6, 6.07) is 0. The third-order valence-electron chi connectivity index (χ3n) is 3.69. The Labute approximate surface area is 133 Å². The van der Waals surface area contributed by atoms with Crippen molar-refractivity contribution in [3.63, 3.8) is 0 Å². The number of aryl methyl sites for hydroxylation is 2. The molecule has 114 valence electrons. The van der Waals surface area contributed by atoms with Gasteiger partial charge >= 0.3 is 0 Å². The van der Waals surface area contributed by atoms with Gasteiger partial charge in [-0.25, -0.2) is 9.97 Å². The molecule has 0 radical (unpaired) electrons. The summed E-state index contributed by atoms with van der Waals surface area (Å²) in [5.41, 5.74) is 1.46. The largest absolute Gasteiger partial charge is 0.396 e. The summed E-state index contributed by atoms with van der Waals surface area (Å²) in [4.78, 5) is 12.1. The van der Waals surface area contributed by atoms with E-state index in [2.05, 4.69) is 12.2 Å². The van der Waals surface area contributed by atoms with Crippen molar-refractivity contribution in [3.05, 3.63) is 10.4 Å². The smallest absolute Gasteiger partial charge is 0.190 e. The standard InChI is InChI=1S/C15H21N3OS2/c1-2-20-15-17-13(16-8-5-9-19)12-10-6-3-4-7-11(10)21-14(12)18-15/h19H,2-9H2,1H3,(H,16,17,18). The van der Waals surface area contributed by atoms with Gasteiger partial charge in [0.05, 0.1) is 5.39 Å². The molecule has 0 fully saturated rings. The molecule has 0 amide bonds. The van der Waals surface area contributed by atoms with Crippen LogP contribution in [0.15, 0.2) is 5.16 Å². The van der Waals surface area contributed by atoms with E-state index in [0.29, 0.717) is 0 Å². The number of thioether (sulfide) groups is 1. The molecule has 1 aliphatic carbocycles. The Balaban J connectivity index is 2.04. The van der Waals surface area contributed by atoms with E-state index < -0.39 is 0 Å². The molecule has 0 aromatic carbocycles. The zero-order chi connectivity index (χ0) is 14.7. The number of thiophene rings is 1. The minimum Gasteiger partial charge on any atom is -0.396 e. The number of aromatic nitrogens is 2. The van der Waals surface area contributed by atoms with Gasteiger partial charge in [0.1, 0.15) is 10.6 Å². The summed E-state index contributed by atoms with van der Waals surface area (Å²) in [7, 11) is 0. The van der Waals surface area contributed by atoms with Gasteiger partial charge in [0.2, 0.25) is 0 Å². The van der Waals surface area contributed by atoms with E-state index in [9.17, 15) is 0 Å². The molecule has 2 N–H and O–H groups in total. The topological polar surface area (TPSA) is 58.0 Å². The summed E-state index contributed by atoms with van der Waals surface area (Å²) >= 11 is 3.52. The first kappa shape index (κ1) is 15.1. The molecular formula is C15H21N3OS2. The molecule has 1 aliphatic rings. The van der Waals surface area contributed by atoms with E-state index in [0.717, 1.165) is 40.9 Å². The van der Waals surface area contributed by atoms with E-state index in [1.165, 1.54) is 35.1 Å². The predicted molar refractivity (Wildman–Crippen MR) is 90.6 cm³/mol. The molecule has 0 aliphatic heterocycles. The number of hydrogen-bond donors (Lipinski definition) is 2. The Kier molecular flexibility index (Phi) is 4.98. The maximum absolute atomic E-state index is 8.97. The number of anilines is 1. The van der Waals surface area contributed by atoms with Gasteiger partial charge in [-0.2, -0.15) is 0 Å². The van der Waals surface area contributed by atoms with E-state index in [1.807, 2.05) is 11.3 Å². The lowest BCUT2D eigenvalue weighted by molar-refractivity contribution is 0.292. The molecule has 2 aromatic rings. The first-order valence-electron chi connectivity index (χ1n) is 7.63. The lowest BCUT2D eigenvalue weighted by Crippen LogP contribution is -2.07. The summed E-state index contributed by atoms with van der Waals surface area (Å²) in [5, 5.41) is 14.5. The van der Waals surface area contributed by atoms with Crippen molar-refractivity contribution in [1.82, 2.24) is 9.97 Å². The minimum atomic E-state index is 0.208. The third kappa shape index (κ3) is 3.17. The van der Waals surface area contributed by atoms with E-state index in [-0.39, 0.29) is 6.61 Å². The van der Waals surface area contributed by atoms with Crippen LogP contribution in [-0.4, -0.2) is 34.0 Å². The number of aliphatic hydroxyl groups is 1. The maximum atomic E-state index is 8.97. The molecule has 2 heterocycles. The second-order valence-corrected chi connectivity index (χ2v) is 7.50. The second-order valence-electron chi connectivity index (χ2n) is 5.18. The number of hydrogen-bond acceptors (Lipinski definition) is 6. The molecule has 0 spiro atoms. The molecule has 2 aromatic heterocycles. The van der Waals surface area contributed by atoms with Crippen molar-refractivity contribution in [2.45, 2.75) is 44.2 Å². The Morgan fingerprint density at radius 1 is 1.29 bits per heavy atom. The summed E-state index contributed by atoms with van der Waals surface area (Å²) in [5.74, 6) is 1.94. The summed E-state index contributed by atoms with van der Waals surface area (Å²) in [6.07, 6.45) is 5.63. The zero-order valence-electron chi connectivity index (χ0n) is 12.3. The Hall–Kier alpha value is -0.850. The normalized spacial score (nSPS) is 14.4. The number of rotatable bonds is 6. The van der Waals surface area contributed by atoms with Crippen molar-refractivity contribution in [2.24, 2.45) is 0 Å². The number of nitrogens with one attached hydrogen (secondary N) is 1. The van der Waals surface area contributed by atoms with Crippen LogP contribution in [0.3, 0.4) is 0 Å². The highest BCUT2D eigenvalue weighted by Gasteiger charge is 2.21. The molecule has 0 unspecified atom stereocenters. The monoisotopic (exact) mass is 323 g/mol. The Morgan fingerprint density at radius 2 is 2.14 bits per heavy atom. The van der Waals surface area contributed by atoms with Crippen LogP contribution < -0.4 is 5.32 Å². The van der Waals surface area contributed by atoms with Crippen LogP contribution in [0.25, 0.3) is 10.2 Å². The summed E-state index contributed by atoms with van der Waals surface area (Å²) in [6.45, 7) is 3.08. The molecule has 0 atom stereocenters. The van der Waals surface area contributed by atoms with Crippen molar-refractivity contribution in [1.29, 1.82) is 0 Å². The zero-order valence-corrected chi connectivity index (χ0v) is 13.9. The molecule has 4 nitrogen and oxygen atoms in total. The number of aliphatic hydroxyl groups excluding tert-OH is 1. The van der Waals surface area contributed by atoms with Gasteiger partial charge in [0, 0.05) is 18.0 Å². The van der Waals surface area contributed by atoms with E-state index in [1.54, 1.807) is 11.8 Å². The fourth-order valence-corrected chi connectivity index (χ4v) is 4.63. The van der Waals surface area contributed by atoms with Gasteiger partial charge in [0.25, 0.3) is 0 Å². The van der Waals surface area contributed by atoms with Crippen LogP contribution in [-0.2, 0) is 12.8 Å². The first-order valence-corrected chi connectivity index (χ1v) is 9.43. The van der Waals surface area contributed by atoms with E-state index in [4.69, 9.17) is 15.1 Å². The predicted octanol–water partition coefficient (Wildman–Crippen LogP) is 3.48. The van der Waals surface area contributed by atoms with Crippen LogP contribution in [0.1, 0.15) is 36.6 Å². The number of nitrogens with zero attached hydrogens (tertiary/aromatic N) is 2. The van der Waals surface area contributed by atoms with Gasteiger partial charge in [0.15, 0.2) is 5.16 Å². The SMILES string of the molecule is CCSc1nc(NCCCO)c2c3c(sc2n1)CCCC3. The van der Waals surface area contributed by atoms with Gasteiger partial charge in [-0.05, 0) is 43.4 Å². The van der Waals surface area contributed by atoms with Crippen LogP contribution in [0, 0.1) is 0 Å². The maximum Gasteiger partial charge on any atom is 0.190 e. The first-order chi connectivity index (χ1) is 10.3. The molecule has 6 heteroatoms. The summed E-state index contributed by atoms with van der Waals surface area (Å²) < 4.78 is 0. The van der Waals surface area contributed by atoms with Crippen LogP contribution >= 0.6 is 23.1 Å². The Morgan fingerprint density at radius 3 is 2.95 bits per heavy atom. The quantitative estimate of drug-likeness (QED) is 0.484. The third-order valence-corrected chi connectivity index (χ3v) is 5.61. The van der Waals surface area contributed by atoms with Crippen molar-refractivity contribution in [3.8, 4) is 0 Å². The minimum absolute atomic E-state index is 0.208.